The Kier molecular flexibility index (Phi) is 4.06. The predicted molar refractivity (Wildman–Crippen MR) is 81.6 cm³/mol. The summed E-state index contributed by atoms with van der Waals surface area (Å²) in [5.41, 5.74) is 4.10. The van der Waals surface area contributed by atoms with Crippen LogP contribution < -0.4 is 5.43 Å². The van der Waals surface area contributed by atoms with E-state index in [4.69, 9.17) is 0 Å². The first-order chi connectivity index (χ1) is 10.1. The van der Waals surface area contributed by atoms with Crippen molar-refractivity contribution in [3.05, 3.63) is 35.9 Å². The lowest BCUT2D eigenvalue weighted by Gasteiger charge is -2.21. The van der Waals surface area contributed by atoms with Crippen LogP contribution in [0.5, 0.6) is 0 Å². The Morgan fingerprint density at radius 1 is 1.29 bits per heavy atom. The molecule has 2 saturated carbocycles. The number of carbonyl (C=O) groups is 1. The molecule has 2 bridgehead atoms. The molecular weight excluding hydrogens is 264 g/mol. The van der Waals surface area contributed by atoms with Gasteiger partial charge in [0.2, 0.25) is 0 Å². The normalized spacial score (nSPS) is 29.4. The summed E-state index contributed by atoms with van der Waals surface area (Å²) in [6.07, 6.45) is 4.01. The van der Waals surface area contributed by atoms with E-state index in [1.807, 2.05) is 13.0 Å². The van der Waals surface area contributed by atoms with E-state index in [-0.39, 0.29) is 0 Å². The van der Waals surface area contributed by atoms with E-state index in [2.05, 4.69) is 10.5 Å². The number of nitrogens with one attached hydrogen (secondary N) is 1. The Bertz CT molecular complexity index is 541. The molecule has 0 spiro atoms. The Hall–Kier alpha value is -1.68. The van der Waals surface area contributed by atoms with Crippen molar-refractivity contribution in [3.8, 4) is 0 Å². The highest BCUT2D eigenvalue weighted by Gasteiger charge is 2.40. The largest absolute Gasteiger partial charge is 0.378 e. The van der Waals surface area contributed by atoms with Crippen LogP contribution in [0.1, 0.15) is 44.3 Å². The summed E-state index contributed by atoms with van der Waals surface area (Å²) in [4.78, 5) is 12.0. The van der Waals surface area contributed by atoms with E-state index in [1.54, 1.807) is 24.3 Å². The van der Waals surface area contributed by atoms with Gasteiger partial charge >= 0.3 is 0 Å². The van der Waals surface area contributed by atoms with Gasteiger partial charge in [-0.05, 0) is 43.6 Å². The van der Waals surface area contributed by atoms with Crippen LogP contribution in [-0.4, -0.2) is 16.7 Å². The molecule has 4 unspecified atom stereocenters. The maximum atomic E-state index is 12.0. The van der Waals surface area contributed by atoms with E-state index in [0.29, 0.717) is 11.5 Å². The molecule has 0 aliphatic heterocycles. The second kappa shape index (κ2) is 5.98. The van der Waals surface area contributed by atoms with Crippen LogP contribution in [0.25, 0.3) is 0 Å². The molecule has 2 N–H and O–H groups in total. The number of nitrogens with zero attached hydrogens (tertiary/aromatic N) is 1. The zero-order chi connectivity index (χ0) is 14.8. The van der Waals surface area contributed by atoms with Crippen LogP contribution in [0, 0.1) is 17.8 Å². The van der Waals surface area contributed by atoms with E-state index < -0.39 is 12.0 Å². The Labute approximate surface area is 125 Å². The fourth-order valence-corrected chi connectivity index (χ4v) is 3.83. The van der Waals surface area contributed by atoms with Crippen LogP contribution in [0.4, 0.5) is 0 Å². The number of carbonyl (C=O) groups excluding carboxylic acids is 1. The number of hydrogen-bond acceptors (Lipinski definition) is 3. The molecule has 21 heavy (non-hydrogen) atoms. The summed E-state index contributed by atoms with van der Waals surface area (Å²) in [5, 5.41) is 14.2. The zero-order valence-corrected chi connectivity index (χ0v) is 12.3. The van der Waals surface area contributed by atoms with Crippen LogP contribution in [-0.2, 0) is 4.79 Å². The average molecular weight is 286 g/mol. The molecule has 1 aromatic rings. The Balaban J connectivity index is 1.59. The van der Waals surface area contributed by atoms with E-state index in [9.17, 15) is 9.90 Å². The van der Waals surface area contributed by atoms with Crippen molar-refractivity contribution in [3.63, 3.8) is 0 Å². The highest BCUT2D eigenvalue weighted by atomic mass is 16.3. The molecule has 0 aromatic heterocycles. The van der Waals surface area contributed by atoms with Gasteiger partial charge in [0.1, 0.15) is 0 Å². The minimum Gasteiger partial charge on any atom is -0.378 e. The molecule has 4 nitrogen and oxygen atoms in total. The monoisotopic (exact) mass is 286 g/mol. The molecule has 3 rings (SSSR count). The Morgan fingerprint density at radius 3 is 2.67 bits per heavy atom. The van der Waals surface area contributed by atoms with Gasteiger partial charge in [0.05, 0.1) is 0 Å². The summed E-state index contributed by atoms with van der Waals surface area (Å²) >= 11 is 0. The van der Waals surface area contributed by atoms with Gasteiger partial charge < -0.3 is 5.11 Å². The summed E-state index contributed by atoms with van der Waals surface area (Å²) < 4.78 is 0. The van der Waals surface area contributed by atoms with Gasteiger partial charge in [0.25, 0.3) is 5.91 Å². The zero-order valence-electron chi connectivity index (χ0n) is 12.3. The molecule has 4 atom stereocenters. The van der Waals surface area contributed by atoms with Gasteiger partial charge in [0.15, 0.2) is 6.10 Å². The first-order valence-corrected chi connectivity index (χ1v) is 7.72. The number of amides is 1. The molecule has 112 valence electrons. The molecule has 1 amide bonds. The summed E-state index contributed by atoms with van der Waals surface area (Å²) in [5.74, 6) is 1.65. The van der Waals surface area contributed by atoms with Gasteiger partial charge in [-0.1, -0.05) is 36.8 Å². The minimum absolute atomic E-state index is 0.469. The summed E-state index contributed by atoms with van der Waals surface area (Å²) in [6.45, 7) is 1.99. The van der Waals surface area contributed by atoms with Crippen molar-refractivity contribution < 1.29 is 9.90 Å². The number of fused-ring (bicyclic) bond motifs is 2. The van der Waals surface area contributed by atoms with Crippen molar-refractivity contribution >= 4 is 11.6 Å². The fraction of sp³-hybridized carbons (Fsp3) is 0.529. The second-order valence-corrected chi connectivity index (χ2v) is 6.32. The Morgan fingerprint density at radius 2 is 2.05 bits per heavy atom. The van der Waals surface area contributed by atoms with Gasteiger partial charge in [-0.15, -0.1) is 0 Å². The summed E-state index contributed by atoms with van der Waals surface area (Å²) in [6, 6.07) is 8.92. The fourth-order valence-electron chi connectivity index (χ4n) is 3.83. The standard InChI is InChI=1S/C17H22N2O2/c1-11(15-10-12-7-8-14(15)9-12)18-19-17(21)16(20)13-5-3-2-4-6-13/h2-6,12,14-16,20H,7-10H2,1H3,(H,19,21)/b18-11+. The van der Waals surface area contributed by atoms with Crippen LogP contribution >= 0.6 is 0 Å². The van der Waals surface area contributed by atoms with Crippen LogP contribution in [0.3, 0.4) is 0 Å². The average Bonchev–Trinajstić information content (AvgIpc) is 3.15. The number of aliphatic hydroxyl groups is 1. The molecule has 2 fully saturated rings. The highest BCUT2D eigenvalue weighted by molar-refractivity contribution is 5.88. The first-order valence-electron chi connectivity index (χ1n) is 7.72. The number of rotatable bonds is 4. The van der Waals surface area contributed by atoms with Gasteiger partial charge in [-0.3, -0.25) is 4.79 Å². The number of hydrazone groups is 1. The van der Waals surface area contributed by atoms with E-state index in [1.165, 1.54) is 25.7 Å². The van der Waals surface area contributed by atoms with Gasteiger partial charge in [0, 0.05) is 11.6 Å². The van der Waals surface area contributed by atoms with Crippen molar-refractivity contribution in [2.75, 3.05) is 0 Å². The molecule has 2 aliphatic carbocycles. The predicted octanol–water partition coefficient (Wildman–Crippen LogP) is 2.65. The third kappa shape index (κ3) is 3.00. The third-order valence-electron chi connectivity index (χ3n) is 4.98. The molecular formula is C17H22N2O2. The molecule has 4 heteroatoms. The van der Waals surface area contributed by atoms with Crippen molar-refractivity contribution in [2.45, 2.75) is 38.7 Å². The molecule has 0 heterocycles. The maximum Gasteiger partial charge on any atom is 0.273 e. The van der Waals surface area contributed by atoms with Crippen LogP contribution in [0.15, 0.2) is 35.4 Å². The molecule has 0 radical (unpaired) electrons. The van der Waals surface area contributed by atoms with Crippen molar-refractivity contribution in [1.82, 2.24) is 5.43 Å². The van der Waals surface area contributed by atoms with Gasteiger partial charge in [-0.2, -0.15) is 5.10 Å². The molecule has 1 aromatic carbocycles. The van der Waals surface area contributed by atoms with E-state index >= 15 is 0 Å². The first kappa shape index (κ1) is 14.3. The maximum absolute atomic E-state index is 12.0. The van der Waals surface area contributed by atoms with E-state index in [0.717, 1.165) is 17.5 Å². The third-order valence-corrected chi connectivity index (χ3v) is 4.98. The number of aliphatic hydroxyl groups excluding tert-OH is 1. The SMILES string of the molecule is C/C(=N\NC(=O)C(O)c1ccccc1)C1CC2CCC1C2. The lowest BCUT2D eigenvalue weighted by atomic mass is 9.86. The quantitative estimate of drug-likeness (QED) is 0.660. The minimum atomic E-state index is -1.16. The molecule has 0 saturated heterocycles. The van der Waals surface area contributed by atoms with Crippen LogP contribution in [0.2, 0.25) is 0 Å². The molecule has 2 aliphatic rings. The highest BCUT2D eigenvalue weighted by Crippen LogP contribution is 2.48. The topological polar surface area (TPSA) is 61.7 Å². The lowest BCUT2D eigenvalue weighted by molar-refractivity contribution is -0.129. The van der Waals surface area contributed by atoms with Crippen molar-refractivity contribution in [1.29, 1.82) is 0 Å². The number of hydrogen-bond donors (Lipinski definition) is 2. The smallest absolute Gasteiger partial charge is 0.273 e. The lowest BCUT2D eigenvalue weighted by Crippen LogP contribution is -2.28. The van der Waals surface area contributed by atoms with Gasteiger partial charge in [-0.25, -0.2) is 5.43 Å². The summed E-state index contributed by atoms with van der Waals surface area (Å²) in [7, 11) is 0. The number of benzene rings is 1. The second-order valence-electron chi connectivity index (χ2n) is 6.32. The van der Waals surface area contributed by atoms with Crippen molar-refractivity contribution in [2.24, 2.45) is 22.9 Å².